The van der Waals surface area contributed by atoms with Crippen molar-refractivity contribution in [1.29, 1.82) is 0 Å². The maximum absolute atomic E-state index is 10.9. The van der Waals surface area contributed by atoms with Crippen molar-refractivity contribution >= 4 is 22.4 Å². The van der Waals surface area contributed by atoms with Crippen LogP contribution < -0.4 is 10.1 Å². The minimum Gasteiger partial charge on any atom is -0.494 e. The predicted molar refractivity (Wildman–Crippen MR) is 73.9 cm³/mol. The van der Waals surface area contributed by atoms with Gasteiger partial charge in [0.25, 0.3) is 5.69 Å². The van der Waals surface area contributed by atoms with Crippen LogP contribution >= 0.6 is 0 Å². The number of pyridine rings is 1. The first-order valence-electron chi connectivity index (χ1n) is 5.94. The van der Waals surface area contributed by atoms with Crippen molar-refractivity contribution in [2.45, 2.75) is 13.3 Å². The number of methoxy groups -OCH3 is 1. The van der Waals surface area contributed by atoms with Gasteiger partial charge in [-0.1, -0.05) is 6.92 Å². The molecule has 1 aromatic carbocycles. The Labute approximate surface area is 110 Å². The number of nitro benzene ring substituents is 1. The fourth-order valence-corrected chi connectivity index (χ4v) is 2.03. The minimum atomic E-state index is -0.431. The van der Waals surface area contributed by atoms with Gasteiger partial charge in [0.15, 0.2) is 5.75 Å². The fourth-order valence-electron chi connectivity index (χ4n) is 2.03. The smallest absolute Gasteiger partial charge is 0.273 e. The van der Waals surface area contributed by atoms with Gasteiger partial charge in [-0.3, -0.25) is 10.1 Å². The Balaban J connectivity index is 2.78. The van der Waals surface area contributed by atoms with Crippen LogP contribution in [0, 0.1) is 10.1 Å². The third-order valence-corrected chi connectivity index (χ3v) is 3.00. The van der Waals surface area contributed by atoms with Gasteiger partial charge in [0.1, 0.15) is 11.3 Å². The van der Waals surface area contributed by atoms with E-state index in [1.54, 1.807) is 7.05 Å². The van der Waals surface area contributed by atoms with Crippen molar-refractivity contribution in [2.75, 3.05) is 19.5 Å². The molecule has 0 spiro atoms. The van der Waals surface area contributed by atoms with Crippen molar-refractivity contribution in [1.82, 2.24) is 4.98 Å². The Kier molecular flexibility index (Phi) is 3.50. The number of hydrogen-bond donors (Lipinski definition) is 1. The lowest BCUT2D eigenvalue weighted by molar-refractivity contribution is -0.384. The summed E-state index contributed by atoms with van der Waals surface area (Å²) in [5, 5.41) is 14.6. The molecule has 0 unspecified atom stereocenters. The SMILES string of the molecule is CCc1cc2cc([N+](=O)[O-])cc(OC)c2nc1NC. The zero-order valence-electron chi connectivity index (χ0n) is 11.1. The van der Waals surface area contributed by atoms with Crippen LogP contribution in [-0.4, -0.2) is 24.1 Å². The molecule has 1 N–H and O–H groups in total. The molecular formula is C13H15N3O3. The summed E-state index contributed by atoms with van der Waals surface area (Å²) in [5.41, 5.74) is 1.64. The van der Waals surface area contributed by atoms with Crippen molar-refractivity contribution in [3.63, 3.8) is 0 Å². The van der Waals surface area contributed by atoms with Crippen molar-refractivity contribution in [2.24, 2.45) is 0 Å². The van der Waals surface area contributed by atoms with E-state index in [4.69, 9.17) is 4.74 Å². The number of fused-ring (bicyclic) bond motifs is 1. The molecule has 0 atom stereocenters. The number of benzene rings is 1. The first kappa shape index (κ1) is 13.1. The molecule has 0 fully saturated rings. The van der Waals surface area contributed by atoms with E-state index in [0.717, 1.165) is 17.8 Å². The Morgan fingerprint density at radius 3 is 2.68 bits per heavy atom. The van der Waals surface area contributed by atoms with Gasteiger partial charge >= 0.3 is 0 Å². The maximum atomic E-state index is 10.9. The monoisotopic (exact) mass is 261 g/mol. The van der Waals surface area contributed by atoms with E-state index in [1.165, 1.54) is 19.2 Å². The predicted octanol–water partition coefficient (Wildman–Crippen LogP) is 2.76. The highest BCUT2D eigenvalue weighted by atomic mass is 16.6. The van der Waals surface area contributed by atoms with Crippen LogP contribution in [0.1, 0.15) is 12.5 Å². The number of aromatic nitrogens is 1. The van der Waals surface area contributed by atoms with Crippen molar-refractivity contribution in [3.8, 4) is 5.75 Å². The van der Waals surface area contributed by atoms with Crippen LogP contribution in [0.5, 0.6) is 5.75 Å². The quantitative estimate of drug-likeness (QED) is 0.676. The number of rotatable bonds is 4. The molecule has 2 rings (SSSR count). The lowest BCUT2D eigenvalue weighted by atomic mass is 10.1. The van der Waals surface area contributed by atoms with Crippen LogP contribution in [0.25, 0.3) is 10.9 Å². The average molecular weight is 261 g/mol. The second-order valence-corrected chi connectivity index (χ2v) is 4.08. The molecule has 100 valence electrons. The van der Waals surface area contributed by atoms with Gasteiger partial charge in [-0.2, -0.15) is 0 Å². The third kappa shape index (κ3) is 2.29. The molecule has 19 heavy (non-hydrogen) atoms. The zero-order chi connectivity index (χ0) is 14.0. The van der Waals surface area contributed by atoms with E-state index in [-0.39, 0.29) is 5.69 Å². The summed E-state index contributed by atoms with van der Waals surface area (Å²) >= 11 is 0. The number of nitrogens with one attached hydrogen (secondary N) is 1. The van der Waals surface area contributed by atoms with Crippen molar-refractivity contribution < 1.29 is 9.66 Å². The maximum Gasteiger partial charge on any atom is 0.273 e. The molecule has 0 aliphatic carbocycles. The summed E-state index contributed by atoms with van der Waals surface area (Å²) in [6.45, 7) is 2.01. The van der Waals surface area contributed by atoms with Gasteiger partial charge in [0.2, 0.25) is 0 Å². The van der Waals surface area contributed by atoms with Crippen LogP contribution in [0.15, 0.2) is 18.2 Å². The number of nitro groups is 1. The first-order chi connectivity index (χ1) is 9.10. The largest absolute Gasteiger partial charge is 0.494 e. The second-order valence-electron chi connectivity index (χ2n) is 4.08. The molecule has 6 nitrogen and oxygen atoms in total. The molecule has 1 aromatic heterocycles. The van der Waals surface area contributed by atoms with Gasteiger partial charge in [-0.15, -0.1) is 0 Å². The van der Waals surface area contributed by atoms with Crippen LogP contribution in [-0.2, 0) is 6.42 Å². The highest BCUT2D eigenvalue weighted by Crippen LogP contribution is 2.32. The third-order valence-electron chi connectivity index (χ3n) is 3.00. The number of aryl methyl sites for hydroxylation is 1. The van der Waals surface area contributed by atoms with Gasteiger partial charge in [-0.25, -0.2) is 4.98 Å². The lowest BCUT2D eigenvalue weighted by Gasteiger charge is -2.10. The normalized spacial score (nSPS) is 10.5. The first-order valence-corrected chi connectivity index (χ1v) is 5.94. The molecule has 2 aromatic rings. The molecule has 0 aliphatic heterocycles. The molecule has 0 saturated heterocycles. The number of nitrogens with zero attached hydrogens (tertiary/aromatic N) is 2. The summed E-state index contributed by atoms with van der Waals surface area (Å²) in [6.07, 6.45) is 0.796. The van der Waals surface area contributed by atoms with Gasteiger partial charge < -0.3 is 10.1 Å². The van der Waals surface area contributed by atoms with Crippen LogP contribution in [0.4, 0.5) is 11.5 Å². The molecule has 6 heteroatoms. The molecule has 0 amide bonds. The van der Waals surface area contributed by atoms with E-state index in [9.17, 15) is 10.1 Å². The summed E-state index contributed by atoms with van der Waals surface area (Å²) in [6, 6.07) is 4.81. The van der Waals surface area contributed by atoms with Gasteiger partial charge in [0.05, 0.1) is 18.1 Å². The van der Waals surface area contributed by atoms with Crippen LogP contribution in [0.3, 0.4) is 0 Å². The fraction of sp³-hybridized carbons (Fsp3) is 0.308. The second kappa shape index (κ2) is 5.09. The van der Waals surface area contributed by atoms with Gasteiger partial charge in [-0.05, 0) is 18.1 Å². The lowest BCUT2D eigenvalue weighted by Crippen LogP contribution is -2.00. The highest BCUT2D eigenvalue weighted by Gasteiger charge is 2.15. The Hall–Kier alpha value is -2.37. The summed E-state index contributed by atoms with van der Waals surface area (Å²) in [4.78, 5) is 15.0. The summed E-state index contributed by atoms with van der Waals surface area (Å²) in [7, 11) is 3.28. The molecule has 0 saturated carbocycles. The Bertz CT molecular complexity index is 641. The number of hydrogen-bond acceptors (Lipinski definition) is 5. The van der Waals surface area contributed by atoms with Crippen molar-refractivity contribution in [3.05, 3.63) is 33.9 Å². The van der Waals surface area contributed by atoms with E-state index in [1.807, 2.05) is 13.0 Å². The summed E-state index contributed by atoms with van der Waals surface area (Å²) < 4.78 is 5.20. The topological polar surface area (TPSA) is 77.3 Å². The van der Waals surface area contributed by atoms with E-state index < -0.39 is 4.92 Å². The molecule has 0 bridgehead atoms. The van der Waals surface area contributed by atoms with E-state index in [2.05, 4.69) is 10.3 Å². The molecule has 1 heterocycles. The van der Waals surface area contributed by atoms with Crippen LogP contribution in [0.2, 0.25) is 0 Å². The zero-order valence-corrected chi connectivity index (χ0v) is 11.1. The van der Waals surface area contributed by atoms with Gasteiger partial charge in [0, 0.05) is 18.5 Å². The number of anilines is 1. The number of ether oxygens (including phenoxy) is 1. The van der Waals surface area contributed by atoms with E-state index in [0.29, 0.717) is 16.7 Å². The number of non-ortho nitro benzene ring substituents is 1. The summed E-state index contributed by atoms with van der Waals surface area (Å²) in [5.74, 6) is 1.17. The highest BCUT2D eigenvalue weighted by molar-refractivity contribution is 5.89. The minimum absolute atomic E-state index is 0.00501. The molecule has 0 aliphatic rings. The Morgan fingerprint density at radius 2 is 2.16 bits per heavy atom. The molecule has 0 radical (unpaired) electrons. The van der Waals surface area contributed by atoms with E-state index >= 15 is 0 Å². The molecular weight excluding hydrogens is 246 g/mol. The average Bonchev–Trinajstić information content (AvgIpc) is 2.44. The standard InChI is InChI=1S/C13H15N3O3/c1-4-8-5-9-6-10(16(17)18)7-11(19-3)12(9)15-13(8)14-2/h5-7H,4H2,1-3H3,(H,14,15). The Morgan fingerprint density at radius 1 is 1.42 bits per heavy atom.